The van der Waals surface area contributed by atoms with Crippen molar-refractivity contribution < 1.29 is 28.3 Å². The Morgan fingerprint density at radius 2 is 2.22 bits per heavy atom. The van der Waals surface area contributed by atoms with Gasteiger partial charge in [-0.2, -0.15) is 0 Å². The number of hydrogen-bond donors (Lipinski definition) is 1. The van der Waals surface area contributed by atoms with Crippen LogP contribution in [0.1, 0.15) is 30.1 Å². The first kappa shape index (κ1) is 14.9. The van der Waals surface area contributed by atoms with Gasteiger partial charge in [-0.05, 0) is 18.6 Å². The predicted molar refractivity (Wildman–Crippen MR) is 64.2 cm³/mol. The Hall–Kier alpha value is -1.20. The third kappa shape index (κ3) is 5.42. The van der Waals surface area contributed by atoms with Crippen molar-refractivity contribution in [3.05, 3.63) is 29.8 Å². The smallest absolute Gasteiger partial charge is 0.327 e. The summed E-state index contributed by atoms with van der Waals surface area (Å²) in [4.78, 5) is 24.4. The molecule has 18 heavy (non-hydrogen) atoms. The van der Waals surface area contributed by atoms with Gasteiger partial charge in [0, 0.05) is 5.56 Å². The number of unbranched alkanes of at least 4 members (excludes halogenated alkanes) is 1. The summed E-state index contributed by atoms with van der Waals surface area (Å²) in [5.41, 5.74) is 0.371. The topological polar surface area (TPSA) is 82.1 Å². The molecule has 0 bridgehead atoms. The van der Waals surface area contributed by atoms with E-state index < -0.39 is 7.82 Å². The van der Waals surface area contributed by atoms with Gasteiger partial charge in [-0.25, -0.2) is 4.57 Å². The Labute approximate surface area is 105 Å². The number of benzene rings is 1. The summed E-state index contributed by atoms with van der Waals surface area (Å²) < 4.78 is 20.3. The normalized spacial score (nSPS) is 13.9. The molecule has 0 radical (unpaired) electrons. The second kappa shape index (κ2) is 7.28. The molecule has 0 spiro atoms. The molecule has 0 saturated carbocycles. The zero-order valence-corrected chi connectivity index (χ0v) is 10.8. The van der Waals surface area contributed by atoms with Crippen LogP contribution in [0, 0.1) is 0 Å². The molecular formula is C11H15O6P. The van der Waals surface area contributed by atoms with E-state index in [1.54, 1.807) is 12.1 Å². The second-order valence-electron chi connectivity index (χ2n) is 3.50. The summed E-state index contributed by atoms with van der Waals surface area (Å²) in [5, 5.41) is 0. The molecule has 1 aromatic carbocycles. The van der Waals surface area contributed by atoms with Gasteiger partial charge in [-0.1, -0.05) is 30.2 Å². The van der Waals surface area contributed by atoms with Crippen molar-refractivity contribution in [1.29, 1.82) is 0 Å². The van der Waals surface area contributed by atoms with Gasteiger partial charge in [0.2, 0.25) is 0 Å². The fourth-order valence-electron chi connectivity index (χ4n) is 1.08. The van der Waals surface area contributed by atoms with Crippen molar-refractivity contribution in [2.75, 3.05) is 6.61 Å². The van der Waals surface area contributed by atoms with Crippen LogP contribution in [-0.2, 0) is 13.8 Å². The van der Waals surface area contributed by atoms with Crippen LogP contribution in [0.25, 0.3) is 0 Å². The maximum Gasteiger partial charge on any atom is 0.508 e. The molecule has 0 amide bonds. The molecule has 0 saturated heterocycles. The SMILES string of the molecule is CCCCOP(=O)(O)OOc1cccc(C=O)c1. The van der Waals surface area contributed by atoms with Gasteiger partial charge in [0.05, 0.1) is 6.61 Å². The van der Waals surface area contributed by atoms with Gasteiger partial charge in [-0.3, -0.25) is 9.32 Å². The molecule has 7 heteroatoms. The van der Waals surface area contributed by atoms with Crippen LogP contribution in [-0.4, -0.2) is 17.8 Å². The molecule has 100 valence electrons. The monoisotopic (exact) mass is 274 g/mol. The Kier molecular flexibility index (Phi) is 6.01. The minimum Gasteiger partial charge on any atom is -0.327 e. The molecule has 0 heterocycles. The average molecular weight is 274 g/mol. The molecule has 1 unspecified atom stereocenters. The molecule has 1 aromatic rings. The molecule has 0 fully saturated rings. The average Bonchev–Trinajstić information content (AvgIpc) is 2.37. The zero-order chi connectivity index (χ0) is 13.4. The van der Waals surface area contributed by atoms with E-state index in [1.807, 2.05) is 6.92 Å². The molecule has 1 N–H and O–H groups in total. The molecular weight excluding hydrogens is 259 g/mol. The summed E-state index contributed by atoms with van der Waals surface area (Å²) in [7, 11) is -4.22. The highest BCUT2D eigenvalue weighted by Gasteiger charge is 2.23. The van der Waals surface area contributed by atoms with E-state index in [0.29, 0.717) is 18.3 Å². The maximum absolute atomic E-state index is 11.3. The number of phosphoric ester groups is 1. The molecule has 6 nitrogen and oxygen atoms in total. The first-order valence-electron chi connectivity index (χ1n) is 5.46. The van der Waals surface area contributed by atoms with Crippen LogP contribution in [0.15, 0.2) is 24.3 Å². The number of phosphoric acid groups is 1. The number of carbonyl (C=O) groups is 1. The Morgan fingerprint density at radius 1 is 1.44 bits per heavy atom. The first-order valence-corrected chi connectivity index (χ1v) is 6.96. The van der Waals surface area contributed by atoms with E-state index in [0.717, 1.165) is 6.42 Å². The summed E-state index contributed by atoms with van der Waals surface area (Å²) in [6, 6.07) is 5.98. The summed E-state index contributed by atoms with van der Waals surface area (Å²) in [6.07, 6.45) is 2.11. The highest BCUT2D eigenvalue weighted by molar-refractivity contribution is 7.47. The van der Waals surface area contributed by atoms with E-state index in [4.69, 9.17) is 0 Å². The number of carbonyl (C=O) groups excluding carboxylic acids is 1. The van der Waals surface area contributed by atoms with Crippen molar-refractivity contribution in [2.24, 2.45) is 0 Å². The lowest BCUT2D eigenvalue weighted by atomic mass is 10.2. The van der Waals surface area contributed by atoms with Gasteiger partial charge >= 0.3 is 7.82 Å². The van der Waals surface area contributed by atoms with Crippen molar-refractivity contribution in [3.8, 4) is 5.75 Å². The van der Waals surface area contributed by atoms with E-state index in [9.17, 15) is 14.3 Å². The lowest BCUT2D eigenvalue weighted by Gasteiger charge is -2.10. The standard InChI is InChI=1S/C11H15O6P/c1-2-3-7-15-18(13,14)17-16-11-6-4-5-10(8-11)9-12/h4-6,8-9H,2-3,7H2,1H3,(H,13,14). The van der Waals surface area contributed by atoms with Gasteiger partial charge in [-0.15, -0.1) is 0 Å². The van der Waals surface area contributed by atoms with Crippen molar-refractivity contribution in [2.45, 2.75) is 19.8 Å². The lowest BCUT2D eigenvalue weighted by Crippen LogP contribution is -2.00. The van der Waals surface area contributed by atoms with Crippen molar-refractivity contribution in [3.63, 3.8) is 0 Å². The summed E-state index contributed by atoms with van der Waals surface area (Å²) in [5.74, 6) is 0.146. The van der Waals surface area contributed by atoms with Gasteiger partial charge in [0.1, 0.15) is 6.29 Å². The van der Waals surface area contributed by atoms with Crippen LogP contribution in [0.3, 0.4) is 0 Å². The van der Waals surface area contributed by atoms with Crippen molar-refractivity contribution in [1.82, 2.24) is 0 Å². The fourth-order valence-corrected chi connectivity index (χ4v) is 1.66. The lowest BCUT2D eigenvalue weighted by molar-refractivity contribution is -0.127. The molecule has 0 aliphatic heterocycles. The van der Waals surface area contributed by atoms with Gasteiger partial charge in [0.15, 0.2) is 5.75 Å². The second-order valence-corrected chi connectivity index (χ2v) is 4.85. The van der Waals surface area contributed by atoms with Crippen LogP contribution in [0.5, 0.6) is 5.75 Å². The summed E-state index contributed by atoms with van der Waals surface area (Å²) >= 11 is 0. The zero-order valence-electron chi connectivity index (χ0n) is 9.94. The van der Waals surface area contributed by atoms with E-state index in [1.165, 1.54) is 12.1 Å². The van der Waals surface area contributed by atoms with E-state index >= 15 is 0 Å². The van der Waals surface area contributed by atoms with Crippen LogP contribution in [0.2, 0.25) is 0 Å². The number of hydrogen-bond acceptors (Lipinski definition) is 5. The van der Waals surface area contributed by atoms with Crippen molar-refractivity contribution >= 4 is 14.1 Å². The van der Waals surface area contributed by atoms with Crippen LogP contribution < -0.4 is 4.89 Å². The minimum atomic E-state index is -4.22. The Bertz CT molecular complexity index is 433. The maximum atomic E-state index is 11.3. The van der Waals surface area contributed by atoms with E-state index in [-0.39, 0.29) is 12.4 Å². The molecule has 0 aliphatic rings. The third-order valence-electron chi connectivity index (χ3n) is 1.97. The quantitative estimate of drug-likeness (QED) is 0.258. The molecule has 1 atom stereocenters. The van der Waals surface area contributed by atoms with Gasteiger partial charge < -0.3 is 9.78 Å². The number of rotatable bonds is 8. The number of aldehydes is 1. The fraction of sp³-hybridized carbons (Fsp3) is 0.364. The molecule has 0 aromatic heterocycles. The largest absolute Gasteiger partial charge is 0.508 e. The third-order valence-corrected chi connectivity index (χ3v) is 2.75. The highest BCUT2D eigenvalue weighted by Crippen LogP contribution is 2.43. The molecule has 1 rings (SSSR count). The van der Waals surface area contributed by atoms with Crippen LogP contribution >= 0.6 is 7.82 Å². The van der Waals surface area contributed by atoms with E-state index in [2.05, 4.69) is 14.1 Å². The summed E-state index contributed by atoms with van der Waals surface area (Å²) in [6.45, 7) is 2.04. The Balaban J connectivity index is 2.47. The Morgan fingerprint density at radius 3 is 2.89 bits per heavy atom. The highest BCUT2D eigenvalue weighted by atomic mass is 31.2. The van der Waals surface area contributed by atoms with Gasteiger partial charge in [0.25, 0.3) is 0 Å². The first-order chi connectivity index (χ1) is 8.57. The molecule has 0 aliphatic carbocycles. The minimum absolute atomic E-state index is 0.113. The predicted octanol–water partition coefficient (Wildman–Crippen LogP) is 2.73. The van der Waals surface area contributed by atoms with Crippen LogP contribution in [0.4, 0.5) is 0 Å².